The molecule has 40 heavy (non-hydrogen) atoms. The number of nitrogens with zero attached hydrogens (tertiary/aromatic N) is 5. The molecular weight excluding hydrogens is 522 g/mol. The lowest BCUT2D eigenvalue weighted by molar-refractivity contribution is -0.130. The number of hydrogen-bond acceptors (Lipinski definition) is 6. The van der Waals surface area contributed by atoms with Crippen molar-refractivity contribution in [1.82, 2.24) is 24.6 Å². The number of thioether (sulfide) groups is 1. The van der Waals surface area contributed by atoms with E-state index in [4.69, 9.17) is 4.74 Å². The molecule has 0 radical (unpaired) electrons. The van der Waals surface area contributed by atoms with Crippen molar-refractivity contribution < 1.29 is 14.3 Å². The quantitative estimate of drug-likeness (QED) is 0.295. The Bertz CT molecular complexity index is 1470. The molecule has 0 saturated carbocycles. The van der Waals surface area contributed by atoms with Crippen molar-refractivity contribution in [3.05, 3.63) is 101 Å². The van der Waals surface area contributed by atoms with Crippen LogP contribution in [0.3, 0.4) is 0 Å². The largest absolute Gasteiger partial charge is 0.497 e. The van der Waals surface area contributed by atoms with E-state index in [1.165, 1.54) is 11.8 Å². The third-order valence-corrected chi connectivity index (χ3v) is 7.98. The molecule has 9 heteroatoms. The van der Waals surface area contributed by atoms with Crippen LogP contribution < -0.4 is 4.74 Å². The van der Waals surface area contributed by atoms with Gasteiger partial charge in [0.25, 0.3) is 5.91 Å². The molecule has 5 rings (SSSR count). The minimum atomic E-state index is -0.0919. The molecule has 206 valence electrons. The van der Waals surface area contributed by atoms with Gasteiger partial charge in [0.15, 0.2) is 5.16 Å². The summed E-state index contributed by atoms with van der Waals surface area (Å²) in [6, 6.07) is 25.4. The Morgan fingerprint density at radius 1 is 0.975 bits per heavy atom. The van der Waals surface area contributed by atoms with Crippen molar-refractivity contribution in [2.45, 2.75) is 31.5 Å². The smallest absolute Gasteiger partial charge is 0.254 e. The van der Waals surface area contributed by atoms with E-state index in [9.17, 15) is 9.59 Å². The molecule has 1 fully saturated rings. The fraction of sp³-hybridized carbons (Fsp3) is 0.290. The Labute approximate surface area is 239 Å². The van der Waals surface area contributed by atoms with Gasteiger partial charge in [0.05, 0.1) is 12.9 Å². The van der Waals surface area contributed by atoms with Gasteiger partial charge in [0.1, 0.15) is 11.6 Å². The molecule has 0 bridgehead atoms. The van der Waals surface area contributed by atoms with Crippen LogP contribution in [0, 0.1) is 6.92 Å². The topological polar surface area (TPSA) is 80.6 Å². The summed E-state index contributed by atoms with van der Waals surface area (Å²) < 4.78 is 7.24. The average molecular weight is 556 g/mol. The zero-order valence-electron chi connectivity index (χ0n) is 23.0. The highest BCUT2D eigenvalue weighted by molar-refractivity contribution is 7.99. The number of hydrogen-bond donors (Lipinski definition) is 0. The lowest BCUT2D eigenvalue weighted by Gasteiger charge is -2.40. The molecule has 8 nitrogen and oxygen atoms in total. The molecule has 1 aliphatic heterocycles. The van der Waals surface area contributed by atoms with E-state index in [1.54, 1.807) is 31.4 Å². The second-order valence-electron chi connectivity index (χ2n) is 9.94. The van der Waals surface area contributed by atoms with Crippen molar-refractivity contribution in [1.29, 1.82) is 0 Å². The molecule has 1 aromatic heterocycles. The maximum Gasteiger partial charge on any atom is 0.254 e. The molecule has 1 saturated heterocycles. The van der Waals surface area contributed by atoms with E-state index in [2.05, 4.69) is 41.4 Å². The van der Waals surface area contributed by atoms with Gasteiger partial charge in [-0.05, 0) is 61.4 Å². The Morgan fingerprint density at radius 3 is 2.45 bits per heavy atom. The fourth-order valence-electron chi connectivity index (χ4n) is 4.92. The average Bonchev–Trinajstić information content (AvgIpc) is 3.38. The van der Waals surface area contributed by atoms with Gasteiger partial charge in [0.2, 0.25) is 5.91 Å². The molecule has 1 aliphatic rings. The second kappa shape index (κ2) is 12.4. The van der Waals surface area contributed by atoms with Gasteiger partial charge in [-0.2, -0.15) is 0 Å². The minimum Gasteiger partial charge on any atom is -0.497 e. The number of rotatable bonds is 8. The maximum absolute atomic E-state index is 13.3. The van der Waals surface area contributed by atoms with E-state index in [0.717, 1.165) is 22.6 Å². The summed E-state index contributed by atoms with van der Waals surface area (Å²) in [6.45, 7) is 5.52. The van der Waals surface area contributed by atoms with Crippen LogP contribution >= 0.6 is 11.8 Å². The van der Waals surface area contributed by atoms with Gasteiger partial charge in [-0.3, -0.25) is 14.2 Å². The van der Waals surface area contributed by atoms with Crippen LogP contribution in [0.25, 0.3) is 5.69 Å². The molecule has 3 aromatic carbocycles. The summed E-state index contributed by atoms with van der Waals surface area (Å²) in [7, 11) is 1.60. The number of methoxy groups -OCH3 is 1. The number of aryl methyl sites for hydroxylation is 1. The summed E-state index contributed by atoms with van der Waals surface area (Å²) in [5.41, 5.74) is 3.88. The second-order valence-corrected chi connectivity index (χ2v) is 10.9. The van der Waals surface area contributed by atoms with Crippen molar-refractivity contribution in [3.63, 3.8) is 0 Å². The third-order valence-electron chi connectivity index (χ3n) is 7.07. The van der Waals surface area contributed by atoms with E-state index in [1.807, 2.05) is 51.6 Å². The van der Waals surface area contributed by atoms with Crippen LogP contribution in [-0.4, -0.2) is 74.9 Å². The summed E-state index contributed by atoms with van der Waals surface area (Å²) in [5, 5.41) is 9.67. The van der Waals surface area contributed by atoms with Gasteiger partial charge in [-0.1, -0.05) is 54.2 Å². The lowest BCUT2D eigenvalue weighted by atomic mass is 10.1. The van der Waals surface area contributed by atoms with Crippen LogP contribution in [-0.2, 0) is 11.2 Å². The number of aromatic nitrogens is 3. The van der Waals surface area contributed by atoms with E-state index < -0.39 is 0 Å². The third kappa shape index (κ3) is 6.20. The number of ether oxygens (including phenoxy) is 1. The number of piperazine rings is 1. The van der Waals surface area contributed by atoms with Crippen LogP contribution in [0.4, 0.5) is 0 Å². The van der Waals surface area contributed by atoms with Crippen LogP contribution in [0.1, 0.15) is 34.2 Å². The zero-order chi connectivity index (χ0) is 28.1. The van der Waals surface area contributed by atoms with Crippen molar-refractivity contribution in [2.24, 2.45) is 0 Å². The fourth-order valence-corrected chi connectivity index (χ4v) is 5.79. The molecule has 0 aliphatic carbocycles. The lowest BCUT2D eigenvalue weighted by Crippen LogP contribution is -2.55. The van der Waals surface area contributed by atoms with Crippen molar-refractivity contribution in [3.8, 4) is 11.4 Å². The number of amides is 2. The van der Waals surface area contributed by atoms with E-state index in [0.29, 0.717) is 42.5 Å². The Morgan fingerprint density at radius 2 is 1.75 bits per heavy atom. The van der Waals surface area contributed by atoms with E-state index in [-0.39, 0.29) is 23.6 Å². The summed E-state index contributed by atoms with van der Waals surface area (Å²) in [6.07, 6.45) is 0.637. The summed E-state index contributed by atoms with van der Waals surface area (Å²) in [4.78, 5) is 30.0. The standard InChI is InChI=1S/C31H33N5O3S/c1-22-8-7-11-26(18-22)36-28(19-24-9-5-4-6-10-24)32-33-31(36)40-21-29(37)34-16-17-35(23(2)20-34)30(38)25-12-14-27(39-3)15-13-25/h4-15,18,23H,16-17,19-21H2,1-3H3. The van der Waals surface area contributed by atoms with Gasteiger partial charge in [-0.15, -0.1) is 10.2 Å². The predicted molar refractivity (Wildman–Crippen MR) is 156 cm³/mol. The van der Waals surface area contributed by atoms with Crippen LogP contribution in [0.5, 0.6) is 5.75 Å². The predicted octanol–water partition coefficient (Wildman–Crippen LogP) is 4.64. The molecule has 1 atom stereocenters. The summed E-state index contributed by atoms with van der Waals surface area (Å²) >= 11 is 1.40. The molecule has 0 N–H and O–H groups in total. The molecule has 0 spiro atoms. The number of carbonyl (C=O) groups excluding carboxylic acids is 2. The van der Waals surface area contributed by atoms with Crippen molar-refractivity contribution in [2.75, 3.05) is 32.5 Å². The highest BCUT2D eigenvalue weighted by Gasteiger charge is 2.30. The zero-order valence-corrected chi connectivity index (χ0v) is 23.8. The van der Waals surface area contributed by atoms with Gasteiger partial charge in [-0.25, -0.2) is 0 Å². The Hall–Kier alpha value is -4.11. The molecule has 2 amide bonds. The number of benzene rings is 3. The first-order valence-electron chi connectivity index (χ1n) is 13.3. The van der Waals surface area contributed by atoms with Gasteiger partial charge < -0.3 is 14.5 Å². The molecule has 4 aromatic rings. The summed E-state index contributed by atoms with van der Waals surface area (Å²) in [5.74, 6) is 1.77. The first-order valence-corrected chi connectivity index (χ1v) is 14.3. The molecule has 2 heterocycles. The van der Waals surface area contributed by atoms with Crippen molar-refractivity contribution >= 4 is 23.6 Å². The highest BCUT2D eigenvalue weighted by atomic mass is 32.2. The highest BCUT2D eigenvalue weighted by Crippen LogP contribution is 2.25. The number of carbonyl (C=O) groups is 2. The first kappa shape index (κ1) is 27.5. The monoisotopic (exact) mass is 555 g/mol. The normalized spacial score (nSPS) is 15.2. The van der Waals surface area contributed by atoms with Gasteiger partial charge >= 0.3 is 0 Å². The van der Waals surface area contributed by atoms with Gasteiger partial charge in [0, 0.05) is 43.3 Å². The Balaban J connectivity index is 1.25. The SMILES string of the molecule is COc1ccc(C(=O)N2CCN(C(=O)CSc3nnc(Cc4ccccc4)n3-c3cccc(C)c3)CC2C)cc1. The van der Waals surface area contributed by atoms with Crippen LogP contribution in [0.15, 0.2) is 84.0 Å². The maximum atomic E-state index is 13.3. The minimum absolute atomic E-state index is 0.0248. The molecular formula is C31H33N5O3S. The molecule has 1 unspecified atom stereocenters. The first-order chi connectivity index (χ1) is 19.4. The van der Waals surface area contributed by atoms with E-state index >= 15 is 0 Å². The Kier molecular flexibility index (Phi) is 8.50. The van der Waals surface area contributed by atoms with Crippen LogP contribution in [0.2, 0.25) is 0 Å².